The maximum absolute atomic E-state index is 6.60. The number of hydrogen-bond acceptors (Lipinski definition) is 1. The first-order valence-electron chi connectivity index (χ1n) is 9.89. The molecule has 2 aromatic rings. The fourth-order valence-corrected chi connectivity index (χ4v) is 6.34. The van der Waals surface area contributed by atoms with Crippen molar-refractivity contribution < 1.29 is 0 Å². The molecule has 0 aromatic heterocycles. The zero-order valence-corrected chi connectivity index (χ0v) is 16.5. The summed E-state index contributed by atoms with van der Waals surface area (Å²) in [5, 5.41) is 1.69. The van der Waals surface area contributed by atoms with E-state index in [1.165, 1.54) is 28.8 Å². The summed E-state index contributed by atoms with van der Waals surface area (Å²) in [5.41, 5.74) is 5.69. The van der Waals surface area contributed by atoms with Crippen LogP contribution in [0.15, 0.2) is 60.7 Å². The number of benzene rings is 2. The molecule has 5 atom stereocenters. The van der Waals surface area contributed by atoms with Crippen molar-refractivity contribution in [2.45, 2.75) is 30.7 Å². The quantitative estimate of drug-likeness (QED) is 0.476. The van der Waals surface area contributed by atoms with Gasteiger partial charge in [-0.15, -0.1) is 0 Å². The monoisotopic (exact) mass is 393 g/mol. The van der Waals surface area contributed by atoms with E-state index in [0.29, 0.717) is 29.7 Å². The molecule has 27 heavy (non-hydrogen) atoms. The largest absolute Gasteiger partial charge is 0.363 e. The highest BCUT2D eigenvalue weighted by atomic mass is 35.5. The molecule has 4 aliphatic rings. The van der Waals surface area contributed by atoms with E-state index in [1.54, 1.807) is 0 Å². The Balaban J connectivity index is 1.59. The molecule has 136 valence electrons. The Labute approximate surface area is 170 Å². The summed E-state index contributed by atoms with van der Waals surface area (Å²) in [6.45, 7) is 1.12. The Hall–Kier alpha value is -1.70. The van der Waals surface area contributed by atoms with E-state index in [2.05, 4.69) is 53.5 Å². The summed E-state index contributed by atoms with van der Waals surface area (Å²) in [4.78, 5) is 2.70. The normalized spacial score (nSPS) is 32.4. The average molecular weight is 394 g/mol. The fraction of sp³-hybridized carbons (Fsp3) is 0.333. The second-order valence-electron chi connectivity index (χ2n) is 8.38. The number of fused-ring (bicyclic) bond motifs is 4. The van der Waals surface area contributed by atoms with E-state index in [-0.39, 0.29) is 0 Å². The van der Waals surface area contributed by atoms with E-state index < -0.39 is 0 Å². The van der Waals surface area contributed by atoms with Gasteiger partial charge in [-0.2, -0.15) is 0 Å². The van der Waals surface area contributed by atoms with Gasteiger partial charge in [0, 0.05) is 34.1 Å². The molecule has 1 nitrogen and oxygen atoms in total. The number of halogens is 2. The van der Waals surface area contributed by atoms with Crippen LogP contribution in [0.4, 0.5) is 5.69 Å². The van der Waals surface area contributed by atoms with Crippen molar-refractivity contribution in [3.63, 3.8) is 0 Å². The minimum absolute atomic E-state index is 0.399. The van der Waals surface area contributed by atoms with Gasteiger partial charge < -0.3 is 4.90 Å². The van der Waals surface area contributed by atoms with Gasteiger partial charge in [0.2, 0.25) is 0 Å². The zero-order valence-electron chi connectivity index (χ0n) is 15.0. The number of nitrogens with zero attached hydrogens (tertiary/aromatic N) is 1. The summed E-state index contributed by atoms with van der Waals surface area (Å²) in [6.07, 6.45) is 11.8. The van der Waals surface area contributed by atoms with Gasteiger partial charge in [0.05, 0.1) is 6.04 Å². The zero-order chi connectivity index (χ0) is 18.1. The van der Waals surface area contributed by atoms with Gasteiger partial charge in [-0.3, -0.25) is 0 Å². The molecule has 5 unspecified atom stereocenters. The Morgan fingerprint density at radius 3 is 2.33 bits per heavy atom. The molecule has 0 spiro atoms. The highest BCUT2D eigenvalue weighted by Gasteiger charge is 2.47. The molecule has 0 bridgehead atoms. The van der Waals surface area contributed by atoms with Gasteiger partial charge in [-0.1, -0.05) is 59.6 Å². The van der Waals surface area contributed by atoms with Crippen molar-refractivity contribution in [1.82, 2.24) is 0 Å². The third kappa shape index (κ3) is 2.31. The Morgan fingerprint density at radius 2 is 1.52 bits per heavy atom. The lowest BCUT2D eigenvalue weighted by Crippen LogP contribution is -2.46. The number of hydrogen-bond donors (Lipinski definition) is 0. The van der Waals surface area contributed by atoms with Crippen LogP contribution < -0.4 is 4.90 Å². The Bertz CT molecular complexity index is 957. The van der Waals surface area contributed by atoms with Crippen molar-refractivity contribution in [2.75, 3.05) is 11.4 Å². The van der Waals surface area contributed by atoms with E-state index in [4.69, 9.17) is 23.2 Å². The number of rotatable bonds is 1. The lowest BCUT2D eigenvalue weighted by molar-refractivity contribution is 0.335. The van der Waals surface area contributed by atoms with Crippen LogP contribution in [0.5, 0.6) is 0 Å². The maximum atomic E-state index is 6.60. The van der Waals surface area contributed by atoms with Crippen LogP contribution >= 0.6 is 23.2 Å². The molecule has 0 radical (unpaired) electrons. The third-order valence-electron chi connectivity index (χ3n) is 7.03. The molecule has 0 saturated carbocycles. The first-order valence-corrected chi connectivity index (χ1v) is 10.6. The highest BCUT2D eigenvalue weighted by Crippen LogP contribution is 2.59. The second kappa shape index (κ2) is 5.90. The molecular formula is C24H21Cl2N. The molecule has 0 N–H and O–H groups in total. The minimum Gasteiger partial charge on any atom is -0.363 e. The number of allylic oxidation sites excluding steroid dienone is 4. The molecule has 2 aliphatic heterocycles. The lowest BCUT2D eigenvalue weighted by Gasteiger charge is -2.51. The van der Waals surface area contributed by atoms with Crippen LogP contribution in [0.3, 0.4) is 0 Å². The first-order chi connectivity index (χ1) is 13.2. The van der Waals surface area contributed by atoms with Crippen LogP contribution in [0.25, 0.3) is 0 Å². The topological polar surface area (TPSA) is 3.24 Å². The van der Waals surface area contributed by atoms with Crippen molar-refractivity contribution >= 4 is 28.9 Å². The van der Waals surface area contributed by atoms with E-state index in [1.807, 2.05) is 12.1 Å². The standard InChI is InChI=1S/C24H21Cl2N/c25-16-9-7-14(8-10-16)23-20-6-2-5-19(20)22-12-17(26)11-21-18-4-1-3-15(18)13-27(23)24(21)22/h1-2,4-5,7-12,15,18-20,23H,3,6,13H2. The predicted octanol–water partition coefficient (Wildman–Crippen LogP) is 6.89. The van der Waals surface area contributed by atoms with Crippen LogP contribution in [-0.2, 0) is 0 Å². The van der Waals surface area contributed by atoms with Gasteiger partial charge in [0.1, 0.15) is 0 Å². The molecular weight excluding hydrogens is 373 g/mol. The maximum Gasteiger partial charge on any atom is 0.0582 e. The van der Waals surface area contributed by atoms with Crippen molar-refractivity contribution in [3.8, 4) is 0 Å². The lowest BCUT2D eigenvalue weighted by atomic mass is 9.71. The van der Waals surface area contributed by atoms with Gasteiger partial charge in [-0.25, -0.2) is 0 Å². The molecule has 2 heterocycles. The molecule has 2 aromatic carbocycles. The Kier molecular flexibility index (Phi) is 3.55. The summed E-state index contributed by atoms with van der Waals surface area (Å²) < 4.78 is 0. The summed E-state index contributed by atoms with van der Waals surface area (Å²) in [5.74, 6) is 2.19. The summed E-state index contributed by atoms with van der Waals surface area (Å²) >= 11 is 12.8. The van der Waals surface area contributed by atoms with Crippen LogP contribution in [0.2, 0.25) is 10.0 Å². The summed E-state index contributed by atoms with van der Waals surface area (Å²) in [7, 11) is 0. The van der Waals surface area contributed by atoms with Crippen molar-refractivity contribution in [2.24, 2.45) is 11.8 Å². The fourth-order valence-electron chi connectivity index (χ4n) is 5.98. The minimum atomic E-state index is 0.399. The van der Waals surface area contributed by atoms with E-state index in [0.717, 1.165) is 23.0 Å². The highest BCUT2D eigenvalue weighted by molar-refractivity contribution is 6.31. The van der Waals surface area contributed by atoms with Crippen LogP contribution in [-0.4, -0.2) is 6.54 Å². The van der Waals surface area contributed by atoms with Crippen LogP contribution in [0, 0.1) is 11.8 Å². The van der Waals surface area contributed by atoms with Gasteiger partial charge in [0.25, 0.3) is 0 Å². The number of anilines is 1. The first kappa shape index (κ1) is 16.3. The van der Waals surface area contributed by atoms with Gasteiger partial charge in [-0.05, 0) is 65.6 Å². The molecule has 6 rings (SSSR count). The van der Waals surface area contributed by atoms with E-state index >= 15 is 0 Å². The van der Waals surface area contributed by atoms with E-state index in [9.17, 15) is 0 Å². The van der Waals surface area contributed by atoms with Crippen molar-refractivity contribution in [3.05, 3.63) is 87.4 Å². The molecule has 2 aliphatic carbocycles. The molecule has 0 saturated heterocycles. The smallest absolute Gasteiger partial charge is 0.0582 e. The third-order valence-corrected chi connectivity index (χ3v) is 7.50. The Morgan fingerprint density at radius 1 is 0.815 bits per heavy atom. The van der Waals surface area contributed by atoms with Crippen LogP contribution in [0.1, 0.15) is 47.4 Å². The average Bonchev–Trinajstić information content (AvgIpc) is 3.32. The van der Waals surface area contributed by atoms with Gasteiger partial charge in [0.15, 0.2) is 0 Å². The summed E-state index contributed by atoms with van der Waals surface area (Å²) in [6, 6.07) is 13.4. The second-order valence-corrected chi connectivity index (χ2v) is 9.26. The SMILES string of the molecule is Clc1ccc(C2C3CC=CC3c3cc(Cl)cc4c3N2CC2CC=CC42)cc1. The molecule has 3 heteroatoms. The molecule has 0 amide bonds. The van der Waals surface area contributed by atoms with Gasteiger partial charge >= 0.3 is 0 Å². The van der Waals surface area contributed by atoms with Crippen molar-refractivity contribution in [1.29, 1.82) is 0 Å². The molecule has 0 fully saturated rings. The predicted molar refractivity (Wildman–Crippen MR) is 113 cm³/mol.